The highest BCUT2D eigenvalue weighted by Crippen LogP contribution is 2.13. The molecule has 0 fully saturated rings. The fraction of sp³-hybridized carbons (Fsp3) is 0.357. The second kappa shape index (κ2) is 8.31. The van der Waals surface area contributed by atoms with Gasteiger partial charge in [0.05, 0.1) is 6.07 Å². The monoisotopic (exact) mass is 294 g/mol. The SMILES string of the molecule is COCCCNC(=O)[C@H](C#N)C(=O)c1ccc(Cl)cc1. The molecular weight excluding hydrogens is 280 g/mol. The molecule has 0 saturated carbocycles. The molecule has 20 heavy (non-hydrogen) atoms. The van der Waals surface area contributed by atoms with E-state index in [1.807, 2.05) is 0 Å². The Morgan fingerprint density at radius 1 is 1.40 bits per heavy atom. The van der Waals surface area contributed by atoms with Crippen LogP contribution in [0.2, 0.25) is 5.02 Å². The van der Waals surface area contributed by atoms with Gasteiger partial charge in [-0.1, -0.05) is 11.6 Å². The standard InChI is InChI=1S/C14H15ClN2O3/c1-20-8-2-7-17-14(19)12(9-16)13(18)10-3-5-11(15)6-4-10/h3-6,12H,2,7-8H2,1H3,(H,17,19)/t12-/m1/s1. The number of nitriles is 1. The molecule has 0 aromatic heterocycles. The van der Waals surface area contributed by atoms with Crippen LogP contribution in [0.4, 0.5) is 0 Å². The largest absolute Gasteiger partial charge is 0.385 e. The zero-order valence-electron chi connectivity index (χ0n) is 11.1. The molecule has 0 saturated heterocycles. The Morgan fingerprint density at radius 3 is 2.60 bits per heavy atom. The quantitative estimate of drug-likeness (QED) is 0.472. The van der Waals surface area contributed by atoms with Gasteiger partial charge in [0.15, 0.2) is 11.7 Å². The fourth-order valence-electron chi connectivity index (χ4n) is 1.55. The lowest BCUT2D eigenvalue weighted by Gasteiger charge is -2.09. The molecule has 0 bridgehead atoms. The number of hydrogen-bond donors (Lipinski definition) is 1. The molecule has 106 valence electrons. The predicted molar refractivity (Wildman–Crippen MR) is 74.4 cm³/mol. The normalized spacial score (nSPS) is 11.4. The Labute approximate surface area is 122 Å². The van der Waals surface area contributed by atoms with Gasteiger partial charge < -0.3 is 10.1 Å². The number of methoxy groups -OCH3 is 1. The number of ether oxygens (including phenoxy) is 1. The van der Waals surface area contributed by atoms with Crippen LogP contribution in [0.3, 0.4) is 0 Å². The number of hydrogen-bond acceptors (Lipinski definition) is 4. The van der Waals surface area contributed by atoms with Crippen molar-refractivity contribution in [3.8, 4) is 6.07 Å². The summed E-state index contributed by atoms with van der Waals surface area (Å²) in [4.78, 5) is 23.9. The van der Waals surface area contributed by atoms with Crippen molar-refractivity contribution < 1.29 is 14.3 Å². The molecule has 0 aliphatic heterocycles. The Balaban J connectivity index is 2.65. The van der Waals surface area contributed by atoms with Crippen molar-refractivity contribution in [2.45, 2.75) is 6.42 Å². The lowest BCUT2D eigenvalue weighted by atomic mass is 9.98. The highest BCUT2D eigenvalue weighted by molar-refractivity contribution is 6.30. The van der Waals surface area contributed by atoms with E-state index < -0.39 is 17.6 Å². The van der Waals surface area contributed by atoms with Crippen LogP contribution in [0.25, 0.3) is 0 Å². The summed E-state index contributed by atoms with van der Waals surface area (Å²) in [6, 6.07) is 7.80. The first-order valence-electron chi connectivity index (χ1n) is 6.06. The number of Topliss-reactive ketones (excluding diaryl/α,β-unsaturated/α-hetero) is 1. The Kier molecular flexibility index (Phi) is 6.71. The van der Waals surface area contributed by atoms with E-state index in [1.54, 1.807) is 25.3 Å². The molecule has 1 N–H and O–H groups in total. The van der Waals surface area contributed by atoms with E-state index in [-0.39, 0.29) is 5.56 Å². The van der Waals surface area contributed by atoms with Crippen molar-refractivity contribution >= 4 is 23.3 Å². The zero-order chi connectivity index (χ0) is 15.0. The average Bonchev–Trinajstić information content (AvgIpc) is 2.45. The topological polar surface area (TPSA) is 79.2 Å². The minimum Gasteiger partial charge on any atom is -0.385 e. The van der Waals surface area contributed by atoms with Gasteiger partial charge in [0.2, 0.25) is 5.91 Å². The van der Waals surface area contributed by atoms with Crippen molar-refractivity contribution in [3.63, 3.8) is 0 Å². The third-order valence-electron chi connectivity index (χ3n) is 2.61. The van der Waals surface area contributed by atoms with Crippen molar-refractivity contribution in [1.29, 1.82) is 5.26 Å². The molecule has 0 spiro atoms. The molecule has 0 radical (unpaired) electrons. The van der Waals surface area contributed by atoms with Crippen LogP contribution in [0.5, 0.6) is 0 Å². The summed E-state index contributed by atoms with van der Waals surface area (Å²) in [5.74, 6) is -2.48. The maximum atomic E-state index is 12.1. The van der Waals surface area contributed by atoms with Gasteiger partial charge >= 0.3 is 0 Å². The maximum absolute atomic E-state index is 12.1. The van der Waals surface area contributed by atoms with E-state index >= 15 is 0 Å². The second-order valence-electron chi connectivity index (χ2n) is 4.07. The minimum atomic E-state index is -1.35. The lowest BCUT2D eigenvalue weighted by molar-refractivity contribution is -0.122. The first-order valence-corrected chi connectivity index (χ1v) is 6.44. The molecule has 5 nitrogen and oxygen atoms in total. The lowest BCUT2D eigenvalue weighted by Crippen LogP contribution is -2.35. The molecule has 1 aromatic carbocycles. The van der Waals surface area contributed by atoms with Crippen molar-refractivity contribution in [1.82, 2.24) is 5.32 Å². The number of rotatable bonds is 7. The van der Waals surface area contributed by atoms with Gasteiger partial charge in [-0.2, -0.15) is 5.26 Å². The van der Waals surface area contributed by atoms with Gasteiger partial charge in [0.1, 0.15) is 0 Å². The molecule has 1 rings (SSSR count). The summed E-state index contributed by atoms with van der Waals surface area (Å²) in [5, 5.41) is 12.0. The summed E-state index contributed by atoms with van der Waals surface area (Å²) in [6.07, 6.45) is 0.621. The van der Waals surface area contributed by atoms with E-state index in [9.17, 15) is 9.59 Å². The van der Waals surface area contributed by atoms with Crippen LogP contribution < -0.4 is 5.32 Å². The van der Waals surface area contributed by atoms with Crippen LogP contribution in [0.15, 0.2) is 24.3 Å². The maximum Gasteiger partial charge on any atom is 0.245 e. The summed E-state index contributed by atoms with van der Waals surface area (Å²) >= 11 is 5.72. The van der Waals surface area contributed by atoms with E-state index in [2.05, 4.69) is 5.32 Å². The molecule has 1 aromatic rings. The molecular formula is C14H15ClN2O3. The molecule has 0 aliphatic rings. The summed E-state index contributed by atoms with van der Waals surface area (Å²) in [5.41, 5.74) is 0.285. The molecule has 0 aliphatic carbocycles. The van der Waals surface area contributed by atoms with E-state index in [1.165, 1.54) is 12.1 Å². The molecule has 1 atom stereocenters. The molecule has 0 heterocycles. The number of ketones is 1. The van der Waals surface area contributed by atoms with Gasteiger partial charge in [0, 0.05) is 30.8 Å². The van der Waals surface area contributed by atoms with E-state index in [0.29, 0.717) is 24.6 Å². The number of carbonyl (C=O) groups excluding carboxylic acids is 2. The number of benzene rings is 1. The summed E-state index contributed by atoms with van der Waals surface area (Å²) < 4.78 is 4.84. The highest BCUT2D eigenvalue weighted by Gasteiger charge is 2.27. The second-order valence-corrected chi connectivity index (χ2v) is 4.51. The van der Waals surface area contributed by atoms with Gasteiger partial charge in [0.25, 0.3) is 0 Å². The highest BCUT2D eigenvalue weighted by atomic mass is 35.5. The summed E-state index contributed by atoms with van der Waals surface area (Å²) in [6.45, 7) is 0.862. The minimum absolute atomic E-state index is 0.285. The Morgan fingerprint density at radius 2 is 2.05 bits per heavy atom. The first-order chi connectivity index (χ1) is 9.60. The Hall–Kier alpha value is -1.90. The van der Waals surface area contributed by atoms with Gasteiger partial charge in [-0.15, -0.1) is 0 Å². The van der Waals surface area contributed by atoms with Crippen LogP contribution in [0.1, 0.15) is 16.8 Å². The van der Waals surface area contributed by atoms with Gasteiger partial charge in [-0.25, -0.2) is 0 Å². The smallest absolute Gasteiger partial charge is 0.245 e. The first kappa shape index (κ1) is 16.2. The average molecular weight is 295 g/mol. The van der Waals surface area contributed by atoms with Crippen LogP contribution in [-0.4, -0.2) is 32.0 Å². The molecule has 1 amide bonds. The van der Waals surface area contributed by atoms with Gasteiger partial charge in [-0.3, -0.25) is 9.59 Å². The van der Waals surface area contributed by atoms with E-state index in [4.69, 9.17) is 21.6 Å². The molecule has 0 unspecified atom stereocenters. The molecule has 6 heteroatoms. The number of carbonyl (C=O) groups is 2. The van der Waals surface area contributed by atoms with Crippen LogP contribution in [-0.2, 0) is 9.53 Å². The number of nitrogens with one attached hydrogen (secondary N) is 1. The van der Waals surface area contributed by atoms with Crippen molar-refractivity contribution in [3.05, 3.63) is 34.9 Å². The number of halogens is 1. The van der Waals surface area contributed by atoms with E-state index in [0.717, 1.165) is 0 Å². The van der Waals surface area contributed by atoms with Gasteiger partial charge in [-0.05, 0) is 30.7 Å². The van der Waals surface area contributed by atoms with Crippen molar-refractivity contribution in [2.75, 3.05) is 20.3 Å². The third kappa shape index (κ3) is 4.65. The van der Waals surface area contributed by atoms with Crippen molar-refractivity contribution in [2.24, 2.45) is 5.92 Å². The summed E-state index contributed by atoms with van der Waals surface area (Å²) in [7, 11) is 1.56. The predicted octanol–water partition coefficient (Wildman–Crippen LogP) is 1.82. The fourth-order valence-corrected chi connectivity index (χ4v) is 1.67. The number of amides is 1. The van der Waals surface area contributed by atoms with Crippen LogP contribution in [0, 0.1) is 17.2 Å². The van der Waals surface area contributed by atoms with Crippen LogP contribution >= 0.6 is 11.6 Å². The third-order valence-corrected chi connectivity index (χ3v) is 2.86. The zero-order valence-corrected chi connectivity index (χ0v) is 11.8. The Bertz CT molecular complexity index is 508. The number of nitrogens with zero attached hydrogens (tertiary/aromatic N) is 1.